The Morgan fingerprint density at radius 1 is 1.19 bits per heavy atom. The first-order valence-electron chi connectivity index (χ1n) is 11.8. The first-order valence-corrected chi connectivity index (χ1v) is 11.8. The molecule has 13 heteroatoms. The second-order valence-electron chi connectivity index (χ2n) is 8.80. The molecule has 2 fully saturated rings. The van der Waals surface area contributed by atoms with Gasteiger partial charge in [0.05, 0.1) is 24.0 Å². The van der Waals surface area contributed by atoms with Crippen LogP contribution in [0.1, 0.15) is 30.4 Å². The molecule has 2 saturated heterocycles. The van der Waals surface area contributed by atoms with E-state index in [9.17, 15) is 22.8 Å². The van der Waals surface area contributed by atoms with E-state index >= 15 is 0 Å². The molecule has 2 aromatic heterocycles. The summed E-state index contributed by atoms with van der Waals surface area (Å²) in [6.07, 6.45) is -0.235. The molecule has 0 saturated carbocycles. The van der Waals surface area contributed by atoms with Crippen LogP contribution in [0.3, 0.4) is 0 Å². The molecule has 0 aromatic carbocycles. The minimum Gasteiger partial charge on any atom is -0.367 e. The van der Waals surface area contributed by atoms with Crippen molar-refractivity contribution in [2.75, 3.05) is 55.6 Å². The van der Waals surface area contributed by atoms with Gasteiger partial charge in [0.25, 0.3) is 5.56 Å². The third kappa shape index (κ3) is 5.76. The molecule has 0 spiro atoms. The average molecular weight is 505 g/mol. The number of carbonyl (C=O) groups excluding carboxylic acids is 1. The molecule has 192 valence electrons. The number of nitrogens with zero attached hydrogens (tertiary/aromatic N) is 6. The predicted molar refractivity (Wildman–Crippen MR) is 125 cm³/mol. The van der Waals surface area contributed by atoms with Gasteiger partial charge in [0.15, 0.2) is 0 Å². The fourth-order valence-electron chi connectivity index (χ4n) is 4.73. The molecular weight excluding hydrogens is 477 g/mol. The van der Waals surface area contributed by atoms with Gasteiger partial charge in [-0.2, -0.15) is 23.5 Å². The highest BCUT2D eigenvalue weighted by Gasteiger charge is 2.40. The number of halogens is 3. The number of anilines is 2. The lowest BCUT2D eigenvalue weighted by atomic mass is 10.1. The van der Waals surface area contributed by atoms with Crippen LogP contribution in [0, 0.1) is 11.3 Å². The zero-order valence-electron chi connectivity index (χ0n) is 19.6. The van der Waals surface area contributed by atoms with Crippen LogP contribution in [-0.4, -0.2) is 77.8 Å². The second kappa shape index (κ2) is 10.9. The summed E-state index contributed by atoms with van der Waals surface area (Å²) in [5.41, 5.74) is -2.17. The van der Waals surface area contributed by atoms with Gasteiger partial charge in [0.1, 0.15) is 17.5 Å². The number of hydrogen-bond acceptors (Lipinski definition) is 8. The van der Waals surface area contributed by atoms with Crippen LogP contribution in [0.4, 0.5) is 24.7 Å². The Morgan fingerprint density at radius 3 is 2.64 bits per heavy atom. The van der Waals surface area contributed by atoms with Crippen molar-refractivity contribution in [3.05, 3.63) is 46.0 Å². The summed E-state index contributed by atoms with van der Waals surface area (Å²) in [6.45, 7) is 3.38. The largest absolute Gasteiger partial charge is 0.423 e. The normalized spacial score (nSPS) is 18.4. The minimum absolute atomic E-state index is 0.0381. The van der Waals surface area contributed by atoms with Gasteiger partial charge in [-0.1, -0.05) is 0 Å². The lowest BCUT2D eigenvalue weighted by molar-refractivity contribution is -0.138. The number of nitrogens with one attached hydrogen (secondary N) is 2. The average Bonchev–Trinajstić information content (AvgIpc) is 3.34. The summed E-state index contributed by atoms with van der Waals surface area (Å²) in [5, 5.41) is 17.4. The van der Waals surface area contributed by atoms with Crippen molar-refractivity contribution in [3.63, 3.8) is 0 Å². The second-order valence-corrected chi connectivity index (χ2v) is 8.80. The van der Waals surface area contributed by atoms with Gasteiger partial charge >= 0.3 is 6.18 Å². The first-order chi connectivity index (χ1) is 17.3. The molecule has 1 amide bonds. The third-order valence-corrected chi connectivity index (χ3v) is 6.57. The van der Waals surface area contributed by atoms with E-state index in [1.54, 1.807) is 21.9 Å². The highest BCUT2D eigenvalue weighted by molar-refractivity contribution is 5.78. The number of amides is 1. The standard InChI is InChI=1S/C23H27F3N8O2/c24-23(25,26)21-18(14-30-31-22(21)36)34-7-1-2-17(34)5-6-28-15-20(35)33-10-8-32(9-11-33)19-4-3-16(12-27)13-29-19/h3-4,13-14,17,28H,1-2,5-11,15H2,(H,31,36). The van der Waals surface area contributed by atoms with Gasteiger partial charge in [-0.15, -0.1) is 0 Å². The predicted octanol–water partition coefficient (Wildman–Crippen LogP) is 1.35. The van der Waals surface area contributed by atoms with Crippen molar-refractivity contribution in [1.82, 2.24) is 25.4 Å². The monoisotopic (exact) mass is 504 g/mol. The van der Waals surface area contributed by atoms with Crippen molar-refractivity contribution < 1.29 is 18.0 Å². The smallest absolute Gasteiger partial charge is 0.367 e. The van der Waals surface area contributed by atoms with E-state index < -0.39 is 17.3 Å². The SMILES string of the molecule is N#Cc1ccc(N2CCN(C(=O)CNCCC3CCCN3c3cn[nH]c(=O)c3C(F)(F)F)CC2)nc1. The van der Waals surface area contributed by atoms with Crippen LogP contribution in [0.2, 0.25) is 0 Å². The summed E-state index contributed by atoms with van der Waals surface area (Å²) in [5.74, 6) is 0.730. The Morgan fingerprint density at radius 2 is 1.97 bits per heavy atom. The zero-order chi connectivity index (χ0) is 25.7. The lowest BCUT2D eigenvalue weighted by Gasteiger charge is -2.35. The molecule has 4 rings (SSSR count). The minimum atomic E-state index is -4.77. The number of nitriles is 1. The maximum atomic E-state index is 13.5. The van der Waals surface area contributed by atoms with Crippen LogP contribution < -0.4 is 20.7 Å². The molecule has 0 radical (unpaired) electrons. The molecule has 0 aliphatic carbocycles. The molecule has 2 aromatic rings. The molecule has 0 bridgehead atoms. The van der Waals surface area contributed by atoms with Crippen molar-refractivity contribution in [2.45, 2.75) is 31.5 Å². The number of pyridine rings is 1. The van der Waals surface area contributed by atoms with Crippen LogP contribution in [0.15, 0.2) is 29.3 Å². The molecular formula is C23H27F3N8O2. The molecule has 1 atom stereocenters. The zero-order valence-corrected chi connectivity index (χ0v) is 19.6. The molecule has 2 aliphatic heterocycles. The number of carbonyl (C=O) groups is 1. The number of alkyl halides is 3. The lowest BCUT2D eigenvalue weighted by Crippen LogP contribution is -2.51. The summed E-state index contributed by atoms with van der Waals surface area (Å²) < 4.78 is 40.4. The molecule has 2 aliphatic rings. The third-order valence-electron chi connectivity index (χ3n) is 6.57. The van der Waals surface area contributed by atoms with Crippen molar-refractivity contribution >= 4 is 17.4 Å². The number of H-pyrrole nitrogens is 1. The van der Waals surface area contributed by atoms with Gasteiger partial charge < -0.3 is 20.0 Å². The maximum Gasteiger partial charge on any atom is 0.423 e. The van der Waals surface area contributed by atoms with Crippen molar-refractivity contribution in [3.8, 4) is 6.07 Å². The molecule has 2 N–H and O–H groups in total. The topological polar surface area (TPSA) is 121 Å². The summed E-state index contributed by atoms with van der Waals surface area (Å²) in [6, 6.07) is 5.37. The molecule has 36 heavy (non-hydrogen) atoms. The Bertz CT molecular complexity index is 1150. The van der Waals surface area contributed by atoms with Gasteiger partial charge in [0.2, 0.25) is 5.91 Å². The van der Waals surface area contributed by atoms with Crippen LogP contribution in [0.25, 0.3) is 0 Å². The van der Waals surface area contributed by atoms with Crippen LogP contribution >= 0.6 is 0 Å². The van der Waals surface area contributed by atoms with Crippen LogP contribution in [-0.2, 0) is 11.0 Å². The summed E-state index contributed by atoms with van der Waals surface area (Å²) >= 11 is 0. The van der Waals surface area contributed by atoms with E-state index in [4.69, 9.17) is 5.26 Å². The number of rotatable bonds is 7. The van der Waals surface area contributed by atoms with E-state index in [0.717, 1.165) is 12.0 Å². The van der Waals surface area contributed by atoms with E-state index in [1.165, 1.54) is 6.20 Å². The molecule has 1 unspecified atom stereocenters. The Kier molecular flexibility index (Phi) is 7.73. The van der Waals surface area contributed by atoms with Gasteiger partial charge in [-0.3, -0.25) is 9.59 Å². The van der Waals surface area contributed by atoms with Gasteiger partial charge in [-0.25, -0.2) is 10.1 Å². The fraction of sp³-hybridized carbons (Fsp3) is 0.522. The van der Waals surface area contributed by atoms with Crippen molar-refractivity contribution in [1.29, 1.82) is 5.26 Å². The molecule has 4 heterocycles. The fourth-order valence-corrected chi connectivity index (χ4v) is 4.73. The van der Waals surface area contributed by atoms with Gasteiger partial charge in [0, 0.05) is 45.0 Å². The summed E-state index contributed by atoms with van der Waals surface area (Å²) in [7, 11) is 0. The summed E-state index contributed by atoms with van der Waals surface area (Å²) in [4.78, 5) is 34.2. The Balaban J connectivity index is 1.24. The Hall–Kier alpha value is -3.66. The van der Waals surface area contributed by atoms with E-state index in [0.29, 0.717) is 64.1 Å². The van der Waals surface area contributed by atoms with E-state index in [2.05, 4.69) is 20.3 Å². The Labute approximate surface area is 205 Å². The maximum absolute atomic E-state index is 13.5. The number of hydrogen-bond donors (Lipinski definition) is 2. The van der Waals surface area contributed by atoms with Crippen molar-refractivity contribution in [2.24, 2.45) is 0 Å². The number of aromatic nitrogens is 3. The van der Waals surface area contributed by atoms with Gasteiger partial charge in [-0.05, 0) is 37.9 Å². The highest BCUT2D eigenvalue weighted by Crippen LogP contribution is 2.36. The molecule has 10 nitrogen and oxygen atoms in total. The first kappa shape index (κ1) is 25.4. The van der Waals surface area contributed by atoms with E-state index in [1.807, 2.05) is 11.2 Å². The quantitative estimate of drug-likeness (QED) is 0.542. The number of aromatic amines is 1. The van der Waals surface area contributed by atoms with E-state index in [-0.39, 0.29) is 24.2 Å². The van der Waals surface area contributed by atoms with Crippen LogP contribution in [0.5, 0.6) is 0 Å². The highest BCUT2D eigenvalue weighted by atomic mass is 19.4. The number of piperazine rings is 1.